The number of Topliss-reactive ketones (excluding diaryl/α,β-unsaturated/α-hetero) is 2. The second-order valence-electron chi connectivity index (χ2n) is 31.6. The lowest BCUT2D eigenvalue weighted by Gasteiger charge is -2.30. The number of carbonyl (C=O) groups excluding carboxylic acids is 6. The number of phosphoric ester groups is 6. The highest BCUT2D eigenvalue weighted by Gasteiger charge is 2.53. The number of nitrogen functional groups attached to an aromatic ring is 2. The number of nitrogens with two attached hydrogens (primary N) is 2. The minimum atomic E-state index is -5.64. The number of carbonyl (C=O) groups is 6. The third-order valence-corrected chi connectivity index (χ3v) is 25.3. The fraction of sp³-hybridized carbons (Fsp3) is 0.667. The standard InChI is InChI=1S/C66H106N14O34P6/c1-63(2,29-41(81)19-25-69-45(83)21-27-71-59(89)53(87)65(5,6)33-107-119(101,102)113-117(97,98)105-31-43-51(111-115(91,92)93)49(85)61(109-43)79-37-77-47-55(67)73-35-75-57(47)79)23-11-9-13-39-15-17-40(18-16-39)14-10-12-24-64(3,4)30-42(82)20-26-70-46(84)22-28-72-60(90)54(88)66(7,8)34-108-120(103,104)114-118(99,100)106-32-44-52(112-116(94,95)96)50(86)62(110-44)80-38-78-48-56(68)74-36-76-58(48)80/h15-18,35-38,43-44,49-54,61-62,85-88H,9-14,19-34H2,1-8H3,(H,69,83)(H,70,84)(H,71,89)(H,72,90)(H,97,98)(H,99,100)(H,101,102)(H,103,104)(H2,67,73,75)(H2,68,74,76)(H2,91,92,93)(H2,94,95,96). The summed E-state index contributed by atoms with van der Waals surface area (Å²) in [7, 11) is -33.2. The number of ether oxygens (including phenoxy) is 2. The molecule has 2 aliphatic rings. The molecule has 120 heavy (non-hydrogen) atoms. The van der Waals surface area contributed by atoms with Crippen LogP contribution in [0.25, 0.3) is 22.3 Å². The van der Waals surface area contributed by atoms with Gasteiger partial charge in [-0.15, -0.1) is 0 Å². The summed E-state index contributed by atoms with van der Waals surface area (Å²) in [5.41, 5.74) is 10.1. The largest absolute Gasteiger partial charge is 0.481 e. The summed E-state index contributed by atoms with van der Waals surface area (Å²) in [5, 5.41) is 53.5. The molecule has 14 unspecified atom stereocenters. The number of nitrogens with one attached hydrogen (secondary N) is 4. The van der Waals surface area contributed by atoms with Gasteiger partial charge in [-0.1, -0.05) is 92.5 Å². The van der Waals surface area contributed by atoms with E-state index in [1.165, 1.54) is 38.8 Å². The number of unbranched alkanes of at least 4 members (excludes halogenated alkanes) is 2. The zero-order valence-corrected chi connectivity index (χ0v) is 72.1. The predicted molar refractivity (Wildman–Crippen MR) is 417 cm³/mol. The van der Waals surface area contributed by atoms with Gasteiger partial charge in [0.2, 0.25) is 23.6 Å². The Kier molecular flexibility index (Phi) is 35.7. The van der Waals surface area contributed by atoms with Crippen LogP contribution in [0.1, 0.15) is 156 Å². The van der Waals surface area contributed by atoms with Gasteiger partial charge in [0.25, 0.3) is 0 Å². The van der Waals surface area contributed by atoms with Crippen molar-refractivity contribution in [3.63, 3.8) is 0 Å². The molecule has 0 radical (unpaired) electrons. The Bertz CT molecular complexity index is 4380. The zero-order chi connectivity index (χ0) is 89.4. The van der Waals surface area contributed by atoms with E-state index in [0.29, 0.717) is 0 Å². The van der Waals surface area contributed by atoms with Crippen LogP contribution in [-0.4, -0.2) is 235 Å². The summed E-state index contributed by atoms with van der Waals surface area (Å²) in [6.07, 6.45) is -7.08. The monoisotopic (exact) mass is 1820 g/mol. The van der Waals surface area contributed by atoms with E-state index in [4.69, 9.17) is 39.0 Å². The molecule has 7 rings (SSSR count). The lowest BCUT2D eigenvalue weighted by atomic mass is 9.81. The van der Waals surface area contributed by atoms with Crippen molar-refractivity contribution in [2.45, 2.75) is 207 Å². The molecule has 2 saturated heterocycles. The number of aryl methyl sites for hydroxylation is 2. The fourth-order valence-corrected chi connectivity index (χ4v) is 18.4. The van der Waals surface area contributed by atoms with Crippen LogP contribution in [0, 0.1) is 21.7 Å². The van der Waals surface area contributed by atoms with Gasteiger partial charge in [0.05, 0.1) is 39.1 Å². The van der Waals surface area contributed by atoms with Crippen molar-refractivity contribution in [3.8, 4) is 0 Å². The van der Waals surface area contributed by atoms with Crippen molar-refractivity contribution in [1.29, 1.82) is 0 Å². The van der Waals surface area contributed by atoms with Gasteiger partial charge < -0.3 is 102 Å². The lowest BCUT2D eigenvalue weighted by Crippen LogP contribution is -2.46. The molecule has 48 nitrogen and oxygen atoms in total. The maximum Gasteiger partial charge on any atom is 0.481 e. The van der Waals surface area contributed by atoms with Gasteiger partial charge in [0.1, 0.15) is 84.1 Å². The molecule has 0 bridgehead atoms. The van der Waals surface area contributed by atoms with Crippen LogP contribution < -0.4 is 32.7 Å². The van der Waals surface area contributed by atoms with Crippen LogP contribution in [0.4, 0.5) is 11.6 Å². The SMILES string of the molecule is CC(C)(CCCCc1ccc(CCCCC(C)(C)CC(=O)CCNC(=O)CCNC(=O)C(O)C(C)(C)COP(=O)(O)OP(=O)(O)OCC2OC(n3cnc4c(N)ncnc43)C(O)C2OP(=O)(O)O)cc1)CC(=O)CCNC(=O)CCNC(=O)C(O)C(C)(C)COP(=O)(O)OP(=O)(O)OCC1OC(n2cnc3c(N)ncnc32)C(O)C1OP(=O)(O)O. The first kappa shape index (κ1) is 101. The molecule has 0 aliphatic carbocycles. The number of rotatable bonds is 52. The number of aromatic nitrogens is 8. The van der Waals surface area contributed by atoms with Crippen LogP contribution >= 0.6 is 46.9 Å². The molecule has 0 saturated carbocycles. The van der Waals surface area contributed by atoms with Crippen LogP contribution in [-0.2, 0) is 114 Å². The molecule has 4 aromatic heterocycles. The van der Waals surface area contributed by atoms with Gasteiger partial charge in [-0.25, -0.2) is 57.3 Å². The smallest absolute Gasteiger partial charge is 0.386 e. The van der Waals surface area contributed by atoms with Gasteiger partial charge >= 0.3 is 46.9 Å². The van der Waals surface area contributed by atoms with E-state index in [9.17, 15) is 116 Å². The topological polar surface area (TPSA) is 727 Å². The van der Waals surface area contributed by atoms with Crippen molar-refractivity contribution in [2.75, 3.05) is 64.1 Å². The quantitative estimate of drug-likeness (QED) is 0.0196. The van der Waals surface area contributed by atoms with Crippen molar-refractivity contribution in [3.05, 3.63) is 60.7 Å². The van der Waals surface area contributed by atoms with Crippen LogP contribution in [0.2, 0.25) is 0 Å². The Morgan fingerprint density at radius 3 is 1.16 bits per heavy atom. The van der Waals surface area contributed by atoms with Crippen molar-refractivity contribution in [1.82, 2.24) is 60.3 Å². The maximum absolute atomic E-state index is 13.0. The van der Waals surface area contributed by atoms with E-state index in [0.717, 1.165) is 85.8 Å². The average Bonchev–Trinajstić information content (AvgIpc) is 1.63. The number of ketones is 2. The first-order valence-electron chi connectivity index (χ1n) is 37.5. The highest BCUT2D eigenvalue weighted by Crippen LogP contribution is 2.63. The van der Waals surface area contributed by atoms with Crippen molar-refractivity contribution < 1.29 is 161 Å². The number of imidazole rings is 2. The summed E-state index contributed by atoms with van der Waals surface area (Å²) >= 11 is 0. The van der Waals surface area contributed by atoms with Gasteiger partial charge in [-0.2, -0.15) is 8.62 Å². The summed E-state index contributed by atoms with van der Waals surface area (Å²) in [5.74, 6) is -3.32. The highest BCUT2D eigenvalue weighted by molar-refractivity contribution is 7.61. The highest BCUT2D eigenvalue weighted by atomic mass is 31.3. The molecule has 14 atom stereocenters. The number of fused-ring (bicyclic) bond motifs is 2. The third-order valence-electron chi connectivity index (χ3n) is 19.1. The molecule has 54 heteroatoms. The number of hydrogen-bond acceptors (Lipinski definition) is 34. The summed E-state index contributed by atoms with van der Waals surface area (Å²) in [6.45, 7) is 8.26. The van der Waals surface area contributed by atoms with Gasteiger partial charge in [0.15, 0.2) is 35.4 Å². The molecular weight excluding hydrogens is 1720 g/mol. The number of aliphatic hydroxyl groups excluding tert-OH is 4. The molecule has 674 valence electrons. The first-order valence-corrected chi connectivity index (χ1v) is 46.5. The van der Waals surface area contributed by atoms with Crippen molar-refractivity contribution in [2.24, 2.45) is 21.7 Å². The van der Waals surface area contributed by atoms with Crippen LogP contribution in [0.5, 0.6) is 0 Å². The molecular formula is C66H106N14O34P6. The van der Waals surface area contributed by atoms with E-state index in [1.54, 1.807) is 0 Å². The first-order chi connectivity index (χ1) is 55.6. The number of hydrogen-bond donors (Lipinski definition) is 18. The molecule has 1 aromatic carbocycles. The maximum atomic E-state index is 13.0. The normalized spacial score (nSPS) is 21.4. The number of nitrogens with zero attached hydrogens (tertiary/aromatic N) is 8. The molecule has 4 amide bonds. The van der Waals surface area contributed by atoms with Gasteiger partial charge in [0, 0.05) is 75.5 Å². The van der Waals surface area contributed by atoms with E-state index in [2.05, 4.69) is 93.1 Å². The van der Waals surface area contributed by atoms with Crippen LogP contribution in [0.3, 0.4) is 0 Å². The fourth-order valence-electron chi connectivity index (χ4n) is 12.7. The summed E-state index contributed by atoms with van der Waals surface area (Å²) in [4.78, 5) is 180. The lowest BCUT2D eigenvalue weighted by molar-refractivity contribution is -0.137. The van der Waals surface area contributed by atoms with Gasteiger partial charge in [-0.05, 0) is 60.5 Å². The van der Waals surface area contributed by atoms with Crippen molar-refractivity contribution >= 4 is 116 Å². The molecule has 0 spiro atoms. The number of benzene rings is 1. The van der Waals surface area contributed by atoms with Crippen LogP contribution in [0.15, 0.2) is 49.6 Å². The van der Waals surface area contributed by atoms with E-state index < -0.39 is 169 Å². The summed E-state index contributed by atoms with van der Waals surface area (Å²) < 4.78 is 126. The van der Waals surface area contributed by atoms with Gasteiger partial charge in [-0.3, -0.25) is 65.0 Å². The predicted octanol–water partition coefficient (Wildman–Crippen LogP) is 2.70. The van der Waals surface area contributed by atoms with E-state index in [-0.39, 0.29) is 121 Å². The summed E-state index contributed by atoms with van der Waals surface area (Å²) in [6, 6.07) is 8.40. The van der Waals surface area contributed by atoms with E-state index in [1.807, 2.05) is 27.7 Å². The number of anilines is 2. The number of phosphoric acid groups is 6. The number of aliphatic hydroxyl groups is 4. The second kappa shape index (κ2) is 42.6. The minimum Gasteiger partial charge on any atom is -0.386 e. The average molecular weight is 1830 g/mol. The Morgan fingerprint density at radius 1 is 0.483 bits per heavy atom. The molecule has 6 heterocycles. The second-order valence-corrected chi connectivity index (χ2v) is 40.1. The Hall–Kier alpha value is -6.36. The Labute approximate surface area is 687 Å². The minimum absolute atomic E-state index is 0.00631. The van der Waals surface area contributed by atoms with E-state index >= 15 is 0 Å². The molecule has 20 N–H and O–H groups in total. The third kappa shape index (κ3) is 31.7. The molecule has 2 fully saturated rings. The zero-order valence-electron chi connectivity index (χ0n) is 66.7. The molecule has 2 aliphatic heterocycles. The number of amides is 4. The Morgan fingerprint density at radius 2 is 0.817 bits per heavy atom. The Balaban J connectivity index is 0.686. The molecule has 5 aromatic rings.